The first kappa shape index (κ1) is 7.15. The second-order valence-corrected chi connectivity index (χ2v) is 2.52. The molecule has 52 valence electrons. The lowest BCUT2D eigenvalue weighted by molar-refractivity contribution is 0.161. The predicted octanol–water partition coefficient (Wildman–Crippen LogP) is 0.494. The van der Waals surface area contributed by atoms with E-state index in [0.717, 1.165) is 0 Å². The highest BCUT2D eigenvalue weighted by atomic mass is 32.1. The van der Waals surface area contributed by atoms with Crippen LogP contribution >= 0.6 is 11.3 Å². The topological polar surface area (TPSA) is 68.9 Å². The maximum atomic E-state index is 8.33. The summed E-state index contributed by atoms with van der Waals surface area (Å²) >= 11 is 1.34. The number of hydrogen-bond donors (Lipinski definition) is 2. The molecule has 0 aromatic carbocycles. The zero-order chi connectivity index (χ0) is 7.40. The smallest absolute Gasteiger partial charge is 0.151 e. The summed E-state index contributed by atoms with van der Waals surface area (Å²) in [6.45, 7) is 0.298. The van der Waals surface area contributed by atoms with Crippen LogP contribution in [0.5, 0.6) is 0 Å². The average molecular weight is 155 g/mol. The molecule has 1 rings (SSSR count). The van der Waals surface area contributed by atoms with Gasteiger partial charge >= 0.3 is 0 Å². The summed E-state index contributed by atoms with van der Waals surface area (Å²) in [7, 11) is 0. The molecule has 0 aliphatic carbocycles. The highest BCUT2D eigenvalue weighted by Crippen LogP contribution is 2.07. The summed E-state index contributed by atoms with van der Waals surface area (Å²) in [6, 6.07) is 1.90. The minimum Gasteiger partial charge on any atom is -0.316 e. The maximum absolute atomic E-state index is 8.33. The Morgan fingerprint density at radius 2 is 2.70 bits per heavy atom. The number of thiazole rings is 1. The molecule has 2 N–H and O–H groups in total. The molecule has 1 heterocycles. The fourth-order valence-electron chi connectivity index (χ4n) is 0.511. The standard InChI is InChI=1S/C5H5N3OS/c6-1-4-3-10-5(8-4)2-7-9/h3,7,9H,2H2. The van der Waals surface area contributed by atoms with Gasteiger partial charge in [0.15, 0.2) is 5.69 Å². The lowest BCUT2D eigenvalue weighted by Crippen LogP contribution is -2.05. The zero-order valence-corrected chi connectivity index (χ0v) is 5.85. The first-order valence-electron chi connectivity index (χ1n) is 2.58. The van der Waals surface area contributed by atoms with E-state index in [4.69, 9.17) is 10.5 Å². The number of hydrogen-bond acceptors (Lipinski definition) is 5. The fourth-order valence-corrected chi connectivity index (χ4v) is 1.16. The van der Waals surface area contributed by atoms with Crippen LogP contribution in [0.15, 0.2) is 5.38 Å². The number of rotatable bonds is 2. The van der Waals surface area contributed by atoms with Crippen molar-refractivity contribution < 1.29 is 5.21 Å². The Hall–Kier alpha value is -0.960. The minimum absolute atomic E-state index is 0.298. The Labute approximate surface area is 61.7 Å². The Bertz CT molecular complexity index is 252. The number of nitrogens with one attached hydrogen (secondary N) is 1. The van der Waals surface area contributed by atoms with Crippen LogP contribution in [0.1, 0.15) is 10.7 Å². The summed E-state index contributed by atoms with van der Waals surface area (Å²) < 4.78 is 0. The first-order chi connectivity index (χ1) is 4.86. The number of aromatic nitrogens is 1. The molecule has 5 heteroatoms. The van der Waals surface area contributed by atoms with Crippen LogP contribution in [0.4, 0.5) is 0 Å². The Morgan fingerprint density at radius 1 is 1.90 bits per heavy atom. The number of nitriles is 1. The second-order valence-electron chi connectivity index (χ2n) is 1.57. The highest BCUT2D eigenvalue weighted by Gasteiger charge is 1.97. The molecule has 1 aromatic rings. The van der Waals surface area contributed by atoms with Crippen LogP contribution in [-0.4, -0.2) is 10.2 Å². The molecular weight excluding hydrogens is 150 g/mol. The van der Waals surface area contributed by atoms with E-state index in [-0.39, 0.29) is 0 Å². The van der Waals surface area contributed by atoms with Gasteiger partial charge < -0.3 is 5.21 Å². The monoisotopic (exact) mass is 155 g/mol. The van der Waals surface area contributed by atoms with Crippen molar-refractivity contribution >= 4 is 11.3 Å². The molecule has 0 atom stereocenters. The van der Waals surface area contributed by atoms with Crippen LogP contribution in [-0.2, 0) is 6.54 Å². The molecule has 10 heavy (non-hydrogen) atoms. The van der Waals surface area contributed by atoms with Gasteiger partial charge in [0.05, 0.1) is 6.54 Å². The summed E-state index contributed by atoms with van der Waals surface area (Å²) in [5.74, 6) is 0. The van der Waals surface area contributed by atoms with Crippen molar-refractivity contribution in [3.8, 4) is 6.07 Å². The molecule has 0 saturated heterocycles. The lowest BCUT2D eigenvalue weighted by atomic mass is 10.5. The molecule has 0 saturated carbocycles. The quantitative estimate of drug-likeness (QED) is 0.610. The van der Waals surface area contributed by atoms with Gasteiger partial charge in [0.2, 0.25) is 0 Å². The largest absolute Gasteiger partial charge is 0.316 e. The van der Waals surface area contributed by atoms with E-state index in [1.54, 1.807) is 5.38 Å². The summed E-state index contributed by atoms with van der Waals surface area (Å²) in [5.41, 5.74) is 2.36. The van der Waals surface area contributed by atoms with Crippen LogP contribution in [0, 0.1) is 11.3 Å². The molecule has 0 aliphatic heterocycles. The molecule has 0 radical (unpaired) electrons. The van der Waals surface area contributed by atoms with Gasteiger partial charge in [0, 0.05) is 5.38 Å². The normalized spacial score (nSPS) is 9.20. The van der Waals surface area contributed by atoms with Crippen molar-refractivity contribution in [1.82, 2.24) is 10.5 Å². The maximum Gasteiger partial charge on any atom is 0.151 e. The van der Waals surface area contributed by atoms with Gasteiger partial charge in [-0.3, -0.25) is 0 Å². The third-order valence-corrected chi connectivity index (χ3v) is 1.75. The van der Waals surface area contributed by atoms with E-state index in [2.05, 4.69) is 4.98 Å². The van der Waals surface area contributed by atoms with Crippen molar-refractivity contribution in [3.05, 3.63) is 16.1 Å². The van der Waals surface area contributed by atoms with Crippen molar-refractivity contribution in [1.29, 1.82) is 5.26 Å². The van der Waals surface area contributed by atoms with Gasteiger partial charge in [-0.05, 0) is 0 Å². The van der Waals surface area contributed by atoms with Crippen LogP contribution in [0.3, 0.4) is 0 Å². The Morgan fingerprint density at radius 3 is 3.20 bits per heavy atom. The highest BCUT2D eigenvalue weighted by molar-refractivity contribution is 7.09. The molecule has 0 fully saturated rings. The van der Waals surface area contributed by atoms with E-state index in [0.29, 0.717) is 17.2 Å². The summed E-state index contributed by atoms with van der Waals surface area (Å²) in [4.78, 5) is 3.85. The van der Waals surface area contributed by atoms with Crippen molar-refractivity contribution in [3.63, 3.8) is 0 Å². The third-order valence-electron chi connectivity index (χ3n) is 0.897. The Kier molecular flexibility index (Phi) is 2.34. The predicted molar refractivity (Wildman–Crippen MR) is 35.5 cm³/mol. The van der Waals surface area contributed by atoms with Gasteiger partial charge in [-0.25, -0.2) is 4.98 Å². The summed E-state index contributed by atoms with van der Waals surface area (Å²) in [5, 5.41) is 18.9. The van der Waals surface area contributed by atoms with E-state index in [1.165, 1.54) is 11.3 Å². The lowest BCUT2D eigenvalue weighted by Gasteiger charge is -1.87. The Balaban J connectivity index is 2.71. The molecule has 0 spiro atoms. The first-order valence-corrected chi connectivity index (χ1v) is 3.46. The van der Waals surface area contributed by atoms with Crippen molar-refractivity contribution in [2.45, 2.75) is 6.54 Å². The van der Waals surface area contributed by atoms with E-state index in [1.807, 2.05) is 11.5 Å². The van der Waals surface area contributed by atoms with Gasteiger partial charge in [-0.15, -0.1) is 11.3 Å². The van der Waals surface area contributed by atoms with Crippen molar-refractivity contribution in [2.75, 3.05) is 0 Å². The molecule has 0 aliphatic rings. The molecular formula is C5H5N3OS. The summed E-state index contributed by atoms with van der Waals surface area (Å²) in [6.07, 6.45) is 0. The average Bonchev–Trinajstić information content (AvgIpc) is 2.37. The van der Waals surface area contributed by atoms with E-state index < -0.39 is 0 Å². The van der Waals surface area contributed by atoms with Gasteiger partial charge in [-0.1, -0.05) is 0 Å². The van der Waals surface area contributed by atoms with Crippen LogP contribution < -0.4 is 5.48 Å². The SMILES string of the molecule is N#Cc1csc(CNO)n1. The second kappa shape index (κ2) is 3.27. The molecule has 1 aromatic heterocycles. The fraction of sp³-hybridized carbons (Fsp3) is 0.200. The van der Waals surface area contributed by atoms with Crippen LogP contribution in [0.25, 0.3) is 0 Å². The molecule has 0 bridgehead atoms. The molecule has 0 amide bonds. The molecule has 4 nitrogen and oxygen atoms in total. The van der Waals surface area contributed by atoms with Crippen molar-refractivity contribution in [2.24, 2.45) is 0 Å². The number of nitrogens with zero attached hydrogens (tertiary/aromatic N) is 2. The van der Waals surface area contributed by atoms with Gasteiger partial charge in [0.1, 0.15) is 11.1 Å². The van der Waals surface area contributed by atoms with Gasteiger partial charge in [0.25, 0.3) is 0 Å². The van der Waals surface area contributed by atoms with Gasteiger partial charge in [-0.2, -0.15) is 10.7 Å². The number of hydroxylamine groups is 1. The van der Waals surface area contributed by atoms with E-state index >= 15 is 0 Å². The zero-order valence-electron chi connectivity index (χ0n) is 5.03. The minimum atomic E-state index is 0.298. The van der Waals surface area contributed by atoms with Crippen LogP contribution in [0.2, 0.25) is 0 Å². The third kappa shape index (κ3) is 1.51. The molecule has 0 unspecified atom stereocenters. The van der Waals surface area contributed by atoms with E-state index in [9.17, 15) is 0 Å².